The van der Waals surface area contributed by atoms with Crippen LogP contribution in [0, 0.1) is 13.8 Å². The fraction of sp³-hybridized carbons (Fsp3) is 0.143. The van der Waals surface area contributed by atoms with Crippen molar-refractivity contribution in [2.24, 2.45) is 0 Å². The Bertz CT molecular complexity index is 1070. The summed E-state index contributed by atoms with van der Waals surface area (Å²) in [6.07, 6.45) is 1.35. The van der Waals surface area contributed by atoms with Crippen molar-refractivity contribution < 1.29 is 23.9 Å². The molecule has 1 fully saturated rings. The fourth-order valence-electron chi connectivity index (χ4n) is 2.78. The van der Waals surface area contributed by atoms with E-state index in [1.54, 1.807) is 18.2 Å². The Morgan fingerprint density at radius 1 is 1.07 bits per heavy atom. The maximum absolute atomic E-state index is 12.2. The van der Waals surface area contributed by atoms with Gasteiger partial charge in [0, 0.05) is 5.69 Å². The molecule has 1 heterocycles. The molecule has 0 atom stereocenters. The molecule has 0 aromatic heterocycles. The van der Waals surface area contributed by atoms with Gasteiger partial charge in [-0.2, -0.15) is 0 Å². The monoisotopic (exact) mass is 471 g/mol. The quantitative estimate of drug-likeness (QED) is 0.458. The molecule has 30 heavy (non-hydrogen) atoms. The number of hydrogen-bond acceptors (Lipinski definition) is 5. The standard InChI is InChI=1S/C21H18BrN3O5/c1-11-3-5-16(12(2)7-11)23-18(26)10-30-17-6-4-13(9-15(17)22)8-14-19(27)24-21(29)25-20(14)28/h3-9H,10H2,1-2H3,(H,23,26)(H2,24,25,27,28,29). The van der Waals surface area contributed by atoms with Gasteiger partial charge in [0.05, 0.1) is 4.47 Å². The Morgan fingerprint density at radius 2 is 1.77 bits per heavy atom. The van der Waals surface area contributed by atoms with Crippen LogP contribution in [0.15, 0.2) is 46.4 Å². The van der Waals surface area contributed by atoms with Crippen LogP contribution in [0.3, 0.4) is 0 Å². The normalized spacial score (nSPS) is 13.4. The first-order chi connectivity index (χ1) is 14.2. The summed E-state index contributed by atoms with van der Waals surface area (Å²) in [4.78, 5) is 46.9. The van der Waals surface area contributed by atoms with E-state index < -0.39 is 17.8 Å². The topological polar surface area (TPSA) is 114 Å². The van der Waals surface area contributed by atoms with Gasteiger partial charge in [0.2, 0.25) is 0 Å². The maximum Gasteiger partial charge on any atom is 0.328 e. The zero-order valence-electron chi connectivity index (χ0n) is 16.2. The van der Waals surface area contributed by atoms with Crippen LogP contribution in [0.5, 0.6) is 5.75 Å². The third-order valence-corrected chi connectivity index (χ3v) is 4.84. The van der Waals surface area contributed by atoms with Crippen LogP contribution in [0.1, 0.15) is 16.7 Å². The number of nitrogens with one attached hydrogen (secondary N) is 3. The van der Waals surface area contributed by atoms with Crippen molar-refractivity contribution in [1.82, 2.24) is 10.6 Å². The minimum absolute atomic E-state index is 0.192. The molecule has 1 aliphatic heterocycles. The third kappa shape index (κ3) is 5.12. The number of barbiturate groups is 1. The second kappa shape index (κ2) is 8.91. The number of rotatable bonds is 5. The molecule has 0 bridgehead atoms. The van der Waals surface area contributed by atoms with Crippen LogP contribution in [0.4, 0.5) is 10.5 Å². The summed E-state index contributed by atoms with van der Waals surface area (Å²) in [5.41, 5.74) is 3.12. The summed E-state index contributed by atoms with van der Waals surface area (Å²) in [5.74, 6) is -1.44. The predicted molar refractivity (Wildman–Crippen MR) is 114 cm³/mol. The Labute approximate surface area is 180 Å². The van der Waals surface area contributed by atoms with E-state index in [1.807, 2.05) is 42.7 Å². The van der Waals surface area contributed by atoms with Gasteiger partial charge in [-0.1, -0.05) is 23.8 Å². The summed E-state index contributed by atoms with van der Waals surface area (Å²) in [6, 6.07) is 9.72. The number of ether oxygens (including phenoxy) is 1. The molecule has 0 spiro atoms. The van der Waals surface area contributed by atoms with E-state index in [0.29, 0.717) is 15.8 Å². The van der Waals surface area contributed by atoms with E-state index in [9.17, 15) is 19.2 Å². The van der Waals surface area contributed by atoms with Gasteiger partial charge in [0.15, 0.2) is 6.61 Å². The SMILES string of the molecule is Cc1ccc(NC(=O)COc2ccc(C=C3C(=O)NC(=O)NC3=O)cc2Br)c(C)c1. The molecule has 0 radical (unpaired) electrons. The lowest BCUT2D eigenvalue weighted by Crippen LogP contribution is -2.51. The second-order valence-corrected chi connectivity index (χ2v) is 7.49. The van der Waals surface area contributed by atoms with E-state index in [2.05, 4.69) is 21.2 Å². The summed E-state index contributed by atoms with van der Waals surface area (Å²) < 4.78 is 6.08. The van der Waals surface area contributed by atoms with Gasteiger partial charge in [-0.15, -0.1) is 0 Å². The number of imide groups is 2. The van der Waals surface area contributed by atoms with Gasteiger partial charge in [0.25, 0.3) is 17.7 Å². The van der Waals surface area contributed by atoms with Crippen molar-refractivity contribution in [3.05, 3.63) is 63.1 Å². The highest BCUT2D eigenvalue weighted by molar-refractivity contribution is 9.10. The van der Waals surface area contributed by atoms with Crippen LogP contribution in [0.2, 0.25) is 0 Å². The summed E-state index contributed by atoms with van der Waals surface area (Å²) in [7, 11) is 0. The molecule has 2 aromatic rings. The Balaban J connectivity index is 1.65. The molecular weight excluding hydrogens is 454 g/mol. The molecule has 0 saturated carbocycles. The summed E-state index contributed by atoms with van der Waals surface area (Å²) in [5, 5.41) is 6.81. The number of aryl methyl sites for hydroxylation is 2. The number of benzene rings is 2. The number of hydrogen-bond donors (Lipinski definition) is 3. The Hall–Kier alpha value is -3.46. The van der Waals surface area contributed by atoms with Crippen molar-refractivity contribution in [3.8, 4) is 5.75 Å². The van der Waals surface area contributed by atoms with Crippen LogP contribution in [0.25, 0.3) is 6.08 Å². The zero-order chi connectivity index (χ0) is 21.8. The molecule has 3 rings (SSSR count). The molecule has 1 saturated heterocycles. The van der Waals surface area contributed by atoms with Crippen molar-refractivity contribution in [1.29, 1.82) is 0 Å². The summed E-state index contributed by atoms with van der Waals surface area (Å²) in [6.45, 7) is 3.70. The average molecular weight is 472 g/mol. The smallest absolute Gasteiger partial charge is 0.328 e. The van der Waals surface area contributed by atoms with Crippen molar-refractivity contribution >= 4 is 51.4 Å². The van der Waals surface area contributed by atoms with E-state index in [-0.39, 0.29) is 18.1 Å². The van der Waals surface area contributed by atoms with Crippen LogP contribution >= 0.6 is 15.9 Å². The van der Waals surface area contributed by atoms with Gasteiger partial charge < -0.3 is 10.1 Å². The van der Waals surface area contributed by atoms with Gasteiger partial charge >= 0.3 is 6.03 Å². The lowest BCUT2D eigenvalue weighted by Gasteiger charge is -2.14. The minimum Gasteiger partial charge on any atom is -0.483 e. The minimum atomic E-state index is -0.855. The highest BCUT2D eigenvalue weighted by Crippen LogP contribution is 2.27. The predicted octanol–water partition coefficient (Wildman–Crippen LogP) is 2.83. The summed E-state index contributed by atoms with van der Waals surface area (Å²) >= 11 is 3.35. The van der Waals surface area contributed by atoms with Gasteiger partial charge in [-0.25, -0.2) is 4.79 Å². The molecule has 154 valence electrons. The number of urea groups is 1. The Kier molecular flexibility index (Phi) is 6.31. The number of carbonyl (C=O) groups excluding carboxylic acids is 4. The molecule has 8 nitrogen and oxygen atoms in total. The average Bonchev–Trinajstić information content (AvgIpc) is 2.66. The zero-order valence-corrected chi connectivity index (χ0v) is 17.8. The van der Waals surface area contributed by atoms with Crippen molar-refractivity contribution in [2.45, 2.75) is 13.8 Å². The van der Waals surface area contributed by atoms with Gasteiger partial charge in [-0.05, 0) is 65.2 Å². The van der Waals surface area contributed by atoms with Crippen LogP contribution in [-0.2, 0) is 14.4 Å². The third-order valence-electron chi connectivity index (χ3n) is 4.23. The molecule has 3 N–H and O–H groups in total. The molecular formula is C21H18BrN3O5. The number of amides is 5. The van der Waals surface area contributed by atoms with E-state index in [0.717, 1.165) is 16.8 Å². The maximum atomic E-state index is 12.2. The van der Waals surface area contributed by atoms with Crippen molar-refractivity contribution in [2.75, 3.05) is 11.9 Å². The molecule has 0 aliphatic carbocycles. The van der Waals surface area contributed by atoms with Crippen LogP contribution in [-0.4, -0.2) is 30.4 Å². The number of halogens is 1. The van der Waals surface area contributed by atoms with Gasteiger partial charge in [-0.3, -0.25) is 25.0 Å². The first kappa shape index (κ1) is 21.3. The lowest BCUT2D eigenvalue weighted by molar-refractivity contribution is -0.124. The number of carbonyl (C=O) groups is 4. The molecule has 1 aliphatic rings. The van der Waals surface area contributed by atoms with Gasteiger partial charge in [0.1, 0.15) is 11.3 Å². The fourth-order valence-corrected chi connectivity index (χ4v) is 3.29. The molecule has 0 unspecified atom stereocenters. The molecule has 9 heteroatoms. The highest BCUT2D eigenvalue weighted by Gasteiger charge is 2.27. The Morgan fingerprint density at radius 3 is 2.40 bits per heavy atom. The first-order valence-corrected chi connectivity index (χ1v) is 9.70. The highest BCUT2D eigenvalue weighted by atomic mass is 79.9. The molecule has 2 aromatic carbocycles. The second-order valence-electron chi connectivity index (χ2n) is 6.64. The largest absolute Gasteiger partial charge is 0.483 e. The van der Waals surface area contributed by atoms with E-state index >= 15 is 0 Å². The van der Waals surface area contributed by atoms with Crippen molar-refractivity contribution in [3.63, 3.8) is 0 Å². The van der Waals surface area contributed by atoms with E-state index in [4.69, 9.17) is 4.74 Å². The molecule has 5 amide bonds. The number of anilines is 1. The first-order valence-electron chi connectivity index (χ1n) is 8.91. The lowest BCUT2D eigenvalue weighted by atomic mass is 10.1. The van der Waals surface area contributed by atoms with E-state index in [1.165, 1.54) is 6.08 Å². The van der Waals surface area contributed by atoms with Crippen LogP contribution < -0.4 is 20.7 Å².